The van der Waals surface area contributed by atoms with Crippen LogP contribution in [0.5, 0.6) is 0 Å². The van der Waals surface area contributed by atoms with Gasteiger partial charge in [-0.1, -0.05) is 6.07 Å². The first-order valence-corrected chi connectivity index (χ1v) is 11.9. The minimum absolute atomic E-state index is 0.112. The lowest BCUT2D eigenvalue weighted by Crippen LogP contribution is -2.52. The van der Waals surface area contributed by atoms with Gasteiger partial charge < -0.3 is 29.8 Å². The van der Waals surface area contributed by atoms with Crippen molar-refractivity contribution in [1.82, 2.24) is 19.9 Å². The lowest BCUT2D eigenvalue weighted by atomic mass is 10.0. The molecule has 2 aliphatic heterocycles. The van der Waals surface area contributed by atoms with Crippen LogP contribution in [0.3, 0.4) is 0 Å². The summed E-state index contributed by atoms with van der Waals surface area (Å²) in [5.41, 5.74) is 12.0. The Balaban J connectivity index is 1.35. The molecule has 0 radical (unpaired) electrons. The third-order valence-corrected chi connectivity index (χ3v) is 7.19. The molecule has 34 heavy (non-hydrogen) atoms. The Bertz CT molecular complexity index is 1220. The number of hydrogen-bond donors (Lipinski definition) is 2. The minimum atomic E-state index is -0.227. The van der Waals surface area contributed by atoms with Gasteiger partial charge in [0.05, 0.1) is 55.2 Å². The molecule has 1 saturated carbocycles. The molecule has 0 spiro atoms. The molecule has 2 atom stereocenters. The van der Waals surface area contributed by atoms with Gasteiger partial charge in [-0.05, 0) is 42.9 Å². The van der Waals surface area contributed by atoms with Crippen LogP contribution in [-0.4, -0.2) is 58.2 Å². The Morgan fingerprint density at radius 1 is 1.24 bits per heavy atom. The van der Waals surface area contributed by atoms with Gasteiger partial charge in [-0.3, -0.25) is 9.78 Å². The van der Waals surface area contributed by atoms with E-state index < -0.39 is 0 Å². The van der Waals surface area contributed by atoms with Gasteiger partial charge in [-0.25, -0.2) is 4.98 Å². The molecule has 1 aliphatic carbocycles. The third-order valence-electron chi connectivity index (χ3n) is 7.19. The number of aromatic amines is 1. The molecule has 0 aromatic carbocycles. The second-order valence-corrected chi connectivity index (χ2v) is 9.39. The summed E-state index contributed by atoms with van der Waals surface area (Å²) in [7, 11) is 1.69. The Morgan fingerprint density at radius 2 is 2.09 bits per heavy atom. The number of carbonyl (C=O) groups is 1. The number of anilines is 1. The number of methoxy groups -OCH3 is 1. The standard InChI is InChI=1S/C25H29N5O4/c1-32-22-6-7-33-13-21(22)30(10-16-5-4-15(9-27-16)14-2-3-14)25(31)20-8-19-23(28-20)17-11-34-12-18(17)24(26)29-19/h4-5,8-9,14,21-22,28H,2-3,6-7,10-13H2,1H3,(H2,26,29)/t21-,22-/m1/s1. The second kappa shape index (κ2) is 8.65. The predicted octanol–water partition coefficient (Wildman–Crippen LogP) is 2.89. The highest BCUT2D eigenvalue weighted by Crippen LogP contribution is 2.39. The number of nitrogens with two attached hydrogens (primary N) is 1. The van der Waals surface area contributed by atoms with Crippen molar-refractivity contribution < 1.29 is 19.0 Å². The predicted molar refractivity (Wildman–Crippen MR) is 125 cm³/mol. The van der Waals surface area contributed by atoms with Crippen molar-refractivity contribution in [2.45, 2.75) is 57.1 Å². The monoisotopic (exact) mass is 463 g/mol. The van der Waals surface area contributed by atoms with E-state index in [4.69, 9.17) is 19.9 Å². The SMILES string of the molecule is CO[C@@H]1CCOC[C@H]1N(Cc1ccc(C2CC2)cn1)C(=O)c1cc2nc(N)c3c(c2[nH]1)COC3. The molecule has 6 rings (SSSR count). The quantitative estimate of drug-likeness (QED) is 0.577. The molecule has 1 amide bonds. The zero-order chi connectivity index (χ0) is 23.2. The van der Waals surface area contributed by atoms with Crippen molar-refractivity contribution in [3.63, 3.8) is 0 Å². The Hall–Kier alpha value is -3.01. The van der Waals surface area contributed by atoms with Gasteiger partial charge >= 0.3 is 0 Å². The zero-order valence-electron chi connectivity index (χ0n) is 19.3. The van der Waals surface area contributed by atoms with Crippen LogP contribution in [0.2, 0.25) is 0 Å². The number of amides is 1. The van der Waals surface area contributed by atoms with Crippen molar-refractivity contribution in [3.05, 3.63) is 52.5 Å². The molecule has 2 fully saturated rings. The summed E-state index contributed by atoms with van der Waals surface area (Å²) in [5.74, 6) is 0.950. The molecular weight excluding hydrogens is 434 g/mol. The average Bonchev–Trinajstić information content (AvgIpc) is 3.43. The van der Waals surface area contributed by atoms with E-state index in [1.165, 1.54) is 18.4 Å². The summed E-state index contributed by atoms with van der Waals surface area (Å²) < 4.78 is 17.1. The number of nitrogen functional groups attached to an aromatic ring is 1. The lowest BCUT2D eigenvalue weighted by Gasteiger charge is -2.38. The maximum Gasteiger partial charge on any atom is 0.271 e. The molecule has 9 heteroatoms. The van der Waals surface area contributed by atoms with Gasteiger partial charge in [0.2, 0.25) is 0 Å². The van der Waals surface area contributed by atoms with E-state index in [9.17, 15) is 4.79 Å². The molecule has 3 aliphatic rings. The van der Waals surface area contributed by atoms with Crippen LogP contribution in [0.25, 0.3) is 11.0 Å². The van der Waals surface area contributed by atoms with Crippen molar-refractivity contribution in [2.24, 2.45) is 0 Å². The Morgan fingerprint density at radius 3 is 2.85 bits per heavy atom. The van der Waals surface area contributed by atoms with E-state index in [1.54, 1.807) is 13.2 Å². The highest BCUT2D eigenvalue weighted by Gasteiger charge is 2.36. The number of carbonyl (C=O) groups excluding carboxylic acids is 1. The van der Waals surface area contributed by atoms with Crippen LogP contribution in [0.1, 0.15) is 58.1 Å². The van der Waals surface area contributed by atoms with E-state index >= 15 is 0 Å². The first-order valence-electron chi connectivity index (χ1n) is 11.9. The van der Waals surface area contributed by atoms with Crippen LogP contribution in [0.4, 0.5) is 5.82 Å². The number of aromatic nitrogens is 3. The van der Waals surface area contributed by atoms with Crippen molar-refractivity contribution >= 4 is 22.8 Å². The summed E-state index contributed by atoms with van der Waals surface area (Å²) in [4.78, 5) is 28.2. The number of pyridine rings is 2. The molecule has 3 aromatic heterocycles. The van der Waals surface area contributed by atoms with Gasteiger partial charge in [-0.2, -0.15) is 0 Å². The van der Waals surface area contributed by atoms with Gasteiger partial charge in [0.1, 0.15) is 11.5 Å². The Labute approximate surface area is 197 Å². The molecule has 0 unspecified atom stereocenters. The van der Waals surface area contributed by atoms with Crippen LogP contribution in [0.15, 0.2) is 24.4 Å². The minimum Gasteiger partial charge on any atom is -0.383 e. The van der Waals surface area contributed by atoms with Gasteiger partial charge in [0, 0.05) is 31.0 Å². The normalized spacial score (nSPS) is 22.1. The first-order chi connectivity index (χ1) is 16.6. The Kier molecular flexibility index (Phi) is 5.47. The molecule has 178 valence electrons. The maximum atomic E-state index is 13.9. The largest absolute Gasteiger partial charge is 0.383 e. The fraction of sp³-hybridized carbons (Fsp3) is 0.480. The number of fused-ring (bicyclic) bond motifs is 3. The van der Waals surface area contributed by atoms with E-state index in [0.717, 1.165) is 28.8 Å². The topological polar surface area (TPSA) is 116 Å². The van der Waals surface area contributed by atoms with Crippen LogP contribution >= 0.6 is 0 Å². The fourth-order valence-electron chi connectivity index (χ4n) is 5.08. The molecule has 9 nitrogen and oxygen atoms in total. The smallest absolute Gasteiger partial charge is 0.271 e. The second-order valence-electron chi connectivity index (χ2n) is 9.39. The van der Waals surface area contributed by atoms with E-state index in [2.05, 4.69) is 21.0 Å². The van der Waals surface area contributed by atoms with Crippen LogP contribution in [-0.2, 0) is 34.0 Å². The van der Waals surface area contributed by atoms with E-state index in [0.29, 0.717) is 55.9 Å². The number of nitrogens with zero attached hydrogens (tertiary/aromatic N) is 3. The fourth-order valence-corrected chi connectivity index (χ4v) is 5.08. The summed E-state index contributed by atoms with van der Waals surface area (Å²) in [6, 6.07) is 5.70. The summed E-state index contributed by atoms with van der Waals surface area (Å²) in [5, 5.41) is 0. The highest BCUT2D eigenvalue weighted by molar-refractivity contribution is 5.98. The lowest BCUT2D eigenvalue weighted by molar-refractivity contribution is -0.0716. The zero-order valence-corrected chi connectivity index (χ0v) is 19.3. The number of H-pyrrole nitrogens is 1. The summed E-state index contributed by atoms with van der Waals surface area (Å²) >= 11 is 0. The highest BCUT2D eigenvalue weighted by atomic mass is 16.5. The molecule has 3 aromatic rings. The maximum absolute atomic E-state index is 13.9. The van der Waals surface area contributed by atoms with Gasteiger partial charge in [0.15, 0.2) is 0 Å². The van der Waals surface area contributed by atoms with Crippen molar-refractivity contribution in [1.29, 1.82) is 0 Å². The average molecular weight is 464 g/mol. The molecule has 3 N–H and O–H groups in total. The van der Waals surface area contributed by atoms with Crippen LogP contribution in [0, 0.1) is 0 Å². The number of rotatable bonds is 6. The number of hydrogen-bond acceptors (Lipinski definition) is 7. The molecule has 5 heterocycles. The first kappa shape index (κ1) is 21.5. The molecule has 1 saturated heterocycles. The van der Waals surface area contributed by atoms with Gasteiger partial charge in [-0.15, -0.1) is 0 Å². The number of nitrogens with one attached hydrogen (secondary N) is 1. The van der Waals surface area contributed by atoms with Crippen molar-refractivity contribution in [2.75, 3.05) is 26.1 Å². The molecule has 0 bridgehead atoms. The summed E-state index contributed by atoms with van der Waals surface area (Å²) in [6.45, 7) is 2.29. The molecular formula is C25H29N5O4. The number of ether oxygens (including phenoxy) is 3. The van der Waals surface area contributed by atoms with Crippen LogP contribution < -0.4 is 5.73 Å². The van der Waals surface area contributed by atoms with Crippen molar-refractivity contribution in [3.8, 4) is 0 Å². The van der Waals surface area contributed by atoms with Gasteiger partial charge in [0.25, 0.3) is 5.91 Å². The third kappa shape index (κ3) is 3.83. The van der Waals surface area contributed by atoms with E-state index in [-0.39, 0.29) is 18.1 Å². The summed E-state index contributed by atoms with van der Waals surface area (Å²) in [6.07, 6.45) is 5.02. The van der Waals surface area contributed by atoms with E-state index in [1.807, 2.05) is 17.2 Å².